The molecule has 1 heterocycles. The van der Waals surface area contributed by atoms with Crippen LogP contribution in [0.4, 0.5) is 0 Å². The fraction of sp³-hybridized carbons (Fsp3) is 0.333. The Bertz CT molecular complexity index is 653. The van der Waals surface area contributed by atoms with Gasteiger partial charge in [-0.3, -0.25) is 9.36 Å². The van der Waals surface area contributed by atoms with Crippen LogP contribution in [0.1, 0.15) is 12.8 Å². The van der Waals surface area contributed by atoms with Gasteiger partial charge in [0.05, 0.1) is 6.20 Å². The summed E-state index contributed by atoms with van der Waals surface area (Å²) in [6.07, 6.45) is 3.95. The number of nitrogens with one attached hydrogen (secondary N) is 1. The van der Waals surface area contributed by atoms with Crippen LogP contribution in [0.15, 0.2) is 45.7 Å². The Hall–Kier alpha value is -2.30. The zero-order chi connectivity index (χ0) is 13.9. The molecule has 1 aromatic heterocycles. The molecule has 1 N–H and O–H groups in total. The van der Waals surface area contributed by atoms with Crippen LogP contribution in [0.3, 0.4) is 0 Å². The van der Waals surface area contributed by atoms with Crippen molar-refractivity contribution in [3.05, 3.63) is 47.1 Å². The second-order valence-corrected chi connectivity index (χ2v) is 5.10. The average Bonchev–Trinajstić information content (AvgIpc) is 3.22. The molecule has 20 heavy (non-hydrogen) atoms. The lowest BCUT2D eigenvalue weighted by atomic mass is 10.2. The summed E-state index contributed by atoms with van der Waals surface area (Å²) in [5.41, 5.74) is 0.821. The summed E-state index contributed by atoms with van der Waals surface area (Å²) in [6, 6.07) is 9.35. The van der Waals surface area contributed by atoms with Crippen LogP contribution in [0.5, 0.6) is 0 Å². The predicted molar refractivity (Wildman–Crippen MR) is 74.1 cm³/mol. The minimum absolute atomic E-state index is 0.00187. The quantitative estimate of drug-likeness (QED) is 0.899. The zero-order valence-corrected chi connectivity index (χ0v) is 11.0. The van der Waals surface area contributed by atoms with E-state index in [2.05, 4.69) is 5.32 Å². The standard InChI is InChI=1S/C15H16N2O3/c18-14(16-8-11-6-7-11)10-17-9-13(20-15(17)19)12-4-2-1-3-5-12/h1-5,9,11H,6-8,10H2,(H,16,18). The number of carbonyl (C=O) groups is 1. The fourth-order valence-corrected chi connectivity index (χ4v) is 2.01. The maximum atomic E-state index is 11.7. The van der Waals surface area contributed by atoms with E-state index >= 15 is 0 Å². The number of hydrogen-bond acceptors (Lipinski definition) is 3. The topological polar surface area (TPSA) is 64.2 Å². The summed E-state index contributed by atoms with van der Waals surface area (Å²) in [5.74, 6) is 0.440. The largest absolute Gasteiger partial charge is 0.419 e. The third kappa shape index (κ3) is 2.99. The van der Waals surface area contributed by atoms with Gasteiger partial charge in [-0.05, 0) is 18.8 Å². The van der Waals surface area contributed by atoms with E-state index in [9.17, 15) is 9.59 Å². The van der Waals surface area contributed by atoms with E-state index in [1.165, 1.54) is 17.4 Å². The van der Waals surface area contributed by atoms with Crippen LogP contribution < -0.4 is 11.1 Å². The molecule has 0 unspecified atom stereocenters. The van der Waals surface area contributed by atoms with Gasteiger partial charge in [-0.15, -0.1) is 0 Å². The minimum atomic E-state index is -0.509. The second-order valence-electron chi connectivity index (χ2n) is 5.10. The summed E-state index contributed by atoms with van der Waals surface area (Å²) in [7, 11) is 0. The van der Waals surface area contributed by atoms with Gasteiger partial charge in [-0.2, -0.15) is 0 Å². The highest BCUT2D eigenvalue weighted by atomic mass is 16.4. The SMILES string of the molecule is O=C(Cn1cc(-c2ccccc2)oc1=O)NCC1CC1. The van der Waals surface area contributed by atoms with E-state index in [0.29, 0.717) is 18.2 Å². The van der Waals surface area contributed by atoms with Crippen molar-refractivity contribution < 1.29 is 9.21 Å². The first-order valence-corrected chi connectivity index (χ1v) is 6.75. The highest BCUT2D eigenvalue weighted by Gasteiger charge is 2.21. The number of oxazole rings is 1. The number of aromatic nitrogens is 1. The van der Waals surface area contributed by atoms with Gasteiger partial charge in [0.25, 0.3) is 0 Å². The Morgan fingerprint density at radius 2 is 2.05 bits per heavy atom. The summed E-state index contributed by atoms with van der Waals surface area (Å²) in [5, 5.41) is 2.83. The Balaban J connectivity index is 1.69. The van der Waals surface area contributed by atoms with E-state index in [0.717, 1.165) is 5.56 Å². The highest BCUT2D eigenvalue weighted by molar-refractivity contribution is 5.75. The van der Waals surface area contributed by atoms with Crippen molar-refractivity contribution in [3.63, 3.8) is 0 Å². The molecule has 1 amide bonds. The lowest BCUT2D eigenvalue weighted by Gasteiger charge is -2.02. The van der Waals surface area contributed by atoms with Gasteiger partial charge < -0.3 is 9.73 Å². The van der Waals surface area contributed by atoms with E-state index in [-0.39, 0.29) is 12.5 Å². The second kappa shape index (κ2) is 5.36. The van der Waals surface area contributed by atoms with E-state index < -0.39 is 5.76 Å². The number of benzene rings is 1. The first kappa shape index (κ1) is 12.7. The molecule has 0 atom stereocenters. The molecule has 5 nitrogen and oxygen atoms in total. The number of nitrogens with zero attached hydrogens (tertiary/aromatic N) is 1. The van der Waals surface area contributed by atoms with Gasteiger partial charge in [0, 0.05) is 12.1 Å². The number of rotatable bonds is 5. The van der Waals surface area contributed by atoms with Gasteiger partial charge in [-0.25, -0.2) is 4.79 Å². The lowest BCUT2D eigenvalue weighted by molar-refractivity contribution is -0.121. The smallest absolute Gasteiger partial charge is 0.408 e. The lowest BCUT2D eigenvalue weighted by Crippen LogP contribution is -2.31. The van der Waals surface area contributed by atoms with Crippen LogP contribution in [0, 0.1) is 5.92 Å². The molecule has 1 fully saturated rings. The Morgan fingerprint density at radius 3 is 2.75 bits per heavy atom. The van der Waals surface area contributed by atoms with Gasteiger partial charge in [0.1, 0.15) is 6.54 Å². The van der Waals surface area contributed by atoms with Crippen molar-refractivity contribution in [1.29, 1.82) is 0 Å². The molecular formula is C15H16N2O3. The van der Waals surface area contributed by atoms with Crippen molar-refractivity contribution >= 4 is 5.91 Å². The molecular weight excluding hydrogens is 256 g/mol. The monoisotopic (exact) mass is 272 g/mol. The van der Waals surface area contributed by atoms with Crippen LogP contribution in [0.2, 0.25) is 0 Å². The Labute approximate surface area is 116 Å². The molecule has 1 aliphatic carbocycles. The summed E-state index contributed by atoms with van der Waals surface area (Å²) < 4.78 is 6.46. The summed E-state index contributed by atoms with van der Waals surface area (Å²) >= 11 is 0. The van der Waals surface area contributed by atoms with Gasteiger partial charge in [0.2, 0.25) is 5.91 Å². The van der Waals surface area contributed by atoms with Crippen molar-refractivity contribution in [2.75, 3.05) is 6.54 Å². The van der Waals surface area contributed by atoms with Crippen LogP contribution in [-0.2, 0) is 11.3 Å². The Kier molecular flexibility index (Phi) is 3.41. The first-order valence-electron chi connectivity index (χ1n) is 6.75. The van der Waals surface area contributed by atoms with Crippen molar-refractivity contribution in [2.24, 2.45) is 5.92 Å². The number of hydrogen-bond donors (Lipinski definition) is 1. The average molecular weight is 272 g/mol. The van der Waals surface area contributed by atoms with E-state index in [4.69, 9.17) is 4.42 Å². The molecule has 104 valence electrons. The van der Waals surface area contributed by atoms with Crippen molar-refractivity contribution in [3.8, 4) is 11.3 Å². The third-order valence-corrected chi connectivity index (χ3v) is 3.36. The molecule has 0 radical (unpaired) electrons. The molecule has 1 aliphatic rings. The molecule has 5 heteroatoms. The molecule has 3 rings (SSSR count). The minimum Gasteiger partial charge on any atom is -0.408 e. The fourth-order valence-electron chi connectivity index (χ4n) is 2.01. The molecule has 1 aromatic carbocycles. The van der Waals surface area contributed by atoms with Crippen LogP contribution in [-0.4, -0.2) is 17.0 Å². The van der Waals surface area contributed by atoms with E-state index in [1.807, 2.05) is 30.3 Å². The maximum Gasteiger partial charge on any atom is 0.419 e. The molecule has 0 saturated heterocycles. The molecule has 0 aliphatic heterocycles. The molecule has 0 bridgehead atoms. The highest BCUT2D eigenvalue weighted by Crippen LogP contribution is 2.27. The predicted octanol–water partition coefficient (Wildman–Crippen LogP) is 1.63. The van der Waals surface area contributed by atoms with Gasteiger partial charge in [-0.1, -0.05) is 30.3 Å². The zero-order valence-electron chi connectivity index (χ0n) is 11.0. The third-order valence-electron chi connectivity index (χ3n) is 3.36. The molecule has 1 saturated carbocycles. The van der Waals surface area contributed by atoms with Gasteiger partial charge >= 0.3 is 5.76 Å². The first-order chi connectivity index (χ1) is 9.72. The molecule has 2 aromatic rings. The Morgan fingerprint density at radius 1 is 1.30 bits per heavy atom. The van der Waals surface area contributed by atoms with Crippen LogP contribution in [0.25, 0.3) is 11.3 Å². The number of amides is 1. The van der Waals surface area contributed by atoms with E-state index in [1.54, 1.807) is 6.20 Å². The van der Waals surface area contributed by atoms with Crippen LogP contribution >= 0.6 is 0 Å². The van der Waals surface area contributed by atoms with Crippen molar-refractivity contribution in [1.82, 2.24) is 9.88 Å². The maximum absolute atomic E-state index is 11.7. The number of carbonyl (C=O) groups excluding carboxylic acids is 1. The molecule has 0 spiro atoms. The van der Waals surface area contributed by atoms with Crippen molar-refractivity contribution in [2.45, 2.75) is 19.4 Å². The summed E-state index contributed by atoms with van der Waals surface area (Å²) in [6.45, 7) is 0.707. The summed E-state index contributed by atoms with van der Waals surface area (Å²) in [4.78, 5) is 23.4. The van der Waals surface area contributed by atoms with Gasteiger partial charge in [0.15, 0.2) is 5.76 Å². The normalized spacial score (nSPS) is 14.2.